The number of nitrogens with two attached hydrogens (primary N) is 1. The quantitative estimate of drug-likeness (QED) is 0.526. The number of rotatable bonds is 4. The number of nitrogen functional groups attached to an aromatic ring is 1. The average molecular weight is 300 g/mol. The molecule has 0 spiro atoms. The van der Waals surface area contributed by atoms with Crippen LogP contribution in [-0.2, 0) is 4.74 Å². The van der Waals surface area contributed by atoms with Crippen LogP contribution in [-0.4, -0.2) is 23.8 Å². The Morgan fingerprint density at radius 3 is 2.67 bits per heavy atom. The fourth-order valence-corrected chi connectivity index (χ4v) is 1.61. The number of alkyl halides is 3. The predicted octanol–water partition coefficient (Wildman–Crippen LogP) is 3.33. The van der Waals surface area contributed by atoms with Crippen LogP contribution in [0.1, 0.15) is 10.4 Å². The molecule has 1 aromatic carbocycles. The number of carbonyl (C=O) groups excluding carboxylic acids is 1. The highest BCUT2D eigenvalue weighted by Crippen LogP contribution is 2.29. The van der Waals surface area contributed by atoms with Crippen LogP contribution in [0.25, 0.3) is 0 Å². The Morgan fingerprint density at radius 1 is 1.44 bits per heavy atom. The molecule has 0 aliphatic rings. The SMILES string of the molecule is Nc1ccc(C(=O)OCCSC(F)(F)F)cc1Cl. The van der Waals surface area contributed by atoms with Gasteiger partial charge in [0.1, 0.15) is 6.61 Å². The minimum Gasteiger partial charge on any atom is -0.461 e. The zero-order chi connectivity index (χ0) is 13.8. The molecule has 0 saturated heterocycles. The van der Waals surface area contributed by atoms with E-state index in [1.807, 2.05) is 0 Å². The minimum absolute atomic E-state index is 0.145. The topological polar surface area (TPSA) is 52.3 Å². The third-order valence-electron chi connectivity index (χ3n) is 1.82. The van der Waals surface area contributed by atoms with Crippen molar-refractivity contribution in [2.45, 2.75) is 5.51 Å². The van der Waals surface area contributed by atoms with Gasteiger partial charge in [-0.3, -0.25) is 0 Å². The Labute approximate surface area is 110 Å². The predicted molar refractivity (Wildman–Crippen MR) is 64.7 cm³/mol. The summed E-state index contributed by atoms with van der Waals surface area (Å²) < 4.78 is 40.0. The molecule has 0 bridgehead atoms. The molecule has 1 aromatic rings. The van der Waals surface area contributed by atoms with Crippen molar-refractivity contribution in [2.24, 2.45) is 0 Å². The van der Waals surface area contributed by atoms with Crippen LogP contribution >= 0.6 is 23.4 Å². The minimum atomic E-state index is -4.32. The zero-order valence-corrected chi connectivity index (χ0v) is 10.5. The third kappa shape index (κ3) is 5.05. The molecule has 0 saturated carbocycles. The summed E-state index contributed by atoms with van der Waals surface area (Å²) in [5.41, 5.74) is 1.57. The maximum absolute atomic E-state index is 11.8. The second kappa shape index (κ2) is 6.19. The van der Waals surface area contributed by atoms with Crippen LogP contribution < -0.4 is 5.73 Å². The van der Waals surface area contributed by atoms with E-state index in [2.05, 4.69) is 4.74 Å². The number of thioether (sulfide) groups is 1. The van der Waals surface area contributed by atoms with Crippen molar-refractivity contribution in [2.75, 3.05) is 18.1 Å². The van der Waals surface area contributed by atoms with E-state index < -0.39 is 11.5 Å². The summed E-state index contributed by atoms with van der Waals surface area (Å²) in [5.74, 6) is -1.09. The number of hydrogen-bond donors (Lipinski definition) is 1. The van der Waals surface area contributed by atoms with E-state index in [0.29, 0.717) is 5.69 Å². The molecular formula is C10H9ClF3NO2S. The molecule has 2 N–H and O–H groups in total. The summed E-state index contributed by atoms with van der Waals surface area (Å²) in [6.07, 6.45) is 0. The van der Waals surface area contributed by atoms with Crippen LogP contribution in [0.4, 0.5) is 18.9 Å². The molecule has 0 unspecified atom stereocenters. The summed E-state index contributed by atoms with van der Waals surface area (Å²) in [6.45, 7) is -0.328. The van der Waals surface area contributed by atoms with Crippen molar-refractivity contribution < 1.29 is 22.7 Å². The average Bonchev–Trinajstić information content (AvgIpc) is 2.26. The van der Waals surface area contributed by atoms with Crippen LogP contribution in [0.15, 0.2) is 18.2 Å². The van der Waals surface area contributed by atoms with Crippen molar-refractivity contribution in [1.29, 1.82) is 0 Å². The lowest BCUT2D eigenvalue weighted by Crippen LogP contribution is -2.10. The highest BCUT2D eigenvalue weighted by Gasteiger charge is 2.27. The number of anilines is 1. The van der Waals surface area contributed by atoms with Gasteiger partial charge in [-0.15, -0.1) is 0 Å². The number of carbonyl (C=O) groups is 1. The van der Waals surface area contributed by atoms with Crippen LogP contribution in [0.2, 0.25) is 5.02 Å². The van der Waals surface area contributed by atoms with Gasteiger partial charge in [0.15, 0.2) is 0 Å². The van der Waals surface area contributed by atoms with Crippen LogP contribution in [0.3, 0.4) is 0 Å². The van der Waals surface area contributed by atoms with Gasteiger partial charge in [0.05, 0.1) is 16.3 Å². The van der Waals surface area contributed by atoms with E-state index in [4.69, 9.17) is 17.3 Å². The number of halogens is 4. The van der Waals surface area contributed by atoms with Gasteiger partial charge in [0.2, 0.25) is 0 Å². The first-order chi connectivity index (χ1) is 8.29. The number of hydrogen-bond acceptors (Lipinski definition) is 4. The lowest BCUT2D eigenvalue weighted by Gasteiger charge is -2.07. The largest absolute Gasteiger partial charge is 0.461 e. The van der Waals surface area contributed by atoms with E-state index in [9.17, 15) is 18.0 Å². The molecule has 3 nitrogen and oxygen atoms in total. The van der Waals surface area contributed by atoms with Gasteiger partial charge < -0.3 is 10.5 Å². The van der Waals surface area contributed by atoms with Gasteiger partial charge >= 0.3 is 11.5 Å². The number of benzene rings is 1. The second-order valence-electron chi connectivity index (χ2n) is 3.17. The molecule has 0 heterocycles. The molecule has 0 fully saturated rings. The smallest absolute Gasteiger partial charge is 0.441 e. The van der Waals surface area contributed by atoms with Gasteiger partial charge in [-0.2, -0.15) is 13.2 Å². The van der Waals surface area contributed by atoms with Crippen molar-refractivity contribution in [3.8, 4) is 0 Å². The highest BCUT2D eigenvalue weighted by molar-refractivity contribution is 8.00. The summed E-state index contributed by atoms with van der Waals surface area (Å²) in [6, 6.07) is 4.11. The van der Waals surface area contributed by atoms with E-state index in [0.717, 1.165) is 0 Å². The standard InChI is InChI=1S/C10H9ClF3NO2S/c11-7-5-6(1-2-8(7)15)9(16)17-3-4-18-10(12,13)14/h1-2,5H,3-4,15H2. The third-order valence-corrected chi connectivity index (χ3v) is 2.84. The first kappa shape index (κ1) is 15.0. The van der Waals surface area contributed by atoms with E-state index in [1.165, 1.54) is 18.2 Å². The fourth-order valence-electron chi connectivity index (χ4n) is 1.03. The summed E-state index contributed by atoms with van der Waals surface area (Å²) >= 11 is 5.45. The van der Waals surface area contributed by atoms with Crippen LogP contribution in [0, 0.1) is 0 Å². The summed E-state index contributed by atoms with van der Waals surface area (Å²) in [7, 11) is 0. The van der Waals surface area contributed by atoms with Gasteiger partial charge in [-0.1, -0.05) is 11.6 Å². The van der Waals surface area contributed by atoms with Crippen molar-refractivity contribution in [3.63, 3.8) is 0 Å². The van der Waals surface area contributed by atoms with Gasteiger partial charge in [-0.25, -0.2) is 4.79 Å². The van der Waals surface area contributed by atoms with E-state index in [-0.39, 0.29) is 34.7 Å². The molecule has 0 aromatic heterocycles. The fraction of sp³-hybridized carbons (Fsp3) is 0.300. The summed E-state index contributed by atoms with van der Waals surface area (Å²) in [5, 5.41) is 0.189. The Kier molecular flexibility index (Phi) is 5.15. The number of esters is 1. The molecule has 18 heavy (non-hydrogen) atoms. The summed E-state index contributed by atoms with van der Waals surface area (Å²) in [4.78, 5) is 11.4. The van der Waals surface area contributed by atoms with Gasteiger partial charge in [0, 0.05) is 5.75 Å². The van der Waals surface area contributed by atoms with Crippen molar-refractivity contribution in [1.82, 2.24) is 0 Å². The Morgan fingerprint density at radius 2 is 2.11 bits per heavy atom. The Bertz CT molecular complexity index is 440. The molecule has 100 valence electrons. The maximum atomic E-state index is 11.8. The van der Waals surface area contributed by atoms with Gasteiger partial charge in [-0.05, 0) is 30.0 Å². The molecular weight excluding hydrogens is 291 g/mol. The van der Waals surface area contributed by atoms with Crippen molar-refractivity contribution >= 4 is 35.0 Å². The van der Waals surface area contributed by atoms with Gasteiger partial charge in [0.25, 0.3) is 0 Å². The zero-order valence-electron chi connectivity index (χ0n) is 8.96. The maximum Gasteiger partial charge on any atom is 0.441 e. The van der Waals surface area contributed by atoms with Crippen LogP contribution in [0.5, 0.6) is 0 Å². The molecule has 0 aliphatic heterocycles. The molecule has 0 amide bonds. The lowest BCUT2D eigenvalue weighted by atomic mass is 10.2. The first-order valence-corrected chi connectivity index (χ1v) is 6.09. The number of ether oxygens (including phenoxy) is 1. The monoisotopic (exact) mass is 299 g/mol. The highest BCUT2D eigenvalue weighted by atomic mass is 35.5. The molecule has 8 heteroatoms. The molecule has 0 radical (unpaired) electrons. The first-order valence-electron chi connectivity index (χ1n) is 4.72. The normalized spacial score (nSPS) is 11.3. The Hall–Kier alpha value is -1.08. The molecule has 1 rings (SSSR count). The Balaban J connectivity index is 2.43. The second-order valence-corrected chi connectivity index (χ2v) is 4.73. The van der Waals surface area contributed by atoms with E-state index in [1.54, 1.807) is 0 Å². The molecule has 0 atom stereocenters. The lowest BCUT2D eigenvalue weighted by molar-refractivity contribution is -0.0331. The van der Waals surface area contributed by atoms with Crippen molar-refractivity contribution in [3.05, 3.63) is 28.8 Å². The molecule has 0 aliphatic carbocycles. The van der Waals surface area contributed by atoms with E-state index >= 15 is 0 Å².